The van der Waals surface area contributed by atoms with E-state index < -0.39 is 16.0 Å². The fraction of sp³-hybridized carbons (Fsp3) is 0.571. The number of aliphatic carboxylic acids is 1. The Balaban J connectivity index is 1.95. The van der Waals surface area contributed by atoms with Crippen LogP contribution in [-0.4, -0.2) is 49.4 Å². The van der Waals surface area contributed by atoms with Gasteiger partial charge in [0.05, 0.1) is 10.9 Å². The molecule has 2 heterocycles. The number of thiophene rings is 1. The van der Waals surface area contributed by atoms with Crippen molar-refractivity contribution in [1.29, 1.82) is 0 Å². The highest BCUT2D eigenvalue weighted by Gasteiger charge is 2.28. The van der Waals surface area contributed by atoms with E-state index in [4.69, 9.17) is 16.7 Å². The molecule has 0 aliphatic carbocycles. The lowest BCUT2D eigenvalue weighted by atomic mass is 9.98. The normalized spacial score (nSPS) is 18.5. The summed E-state index contributed by atoms with van der Waals surface area (Å²) in [6.45, 7) is 0.178. The second-order valence-corrected chi connectivity index (χ2v) is 9.26. The van der Waals surface area contributed by atoms with Gasteiger partial charge in [0.15, 0.2) is 0 Å². The Morgan fingerprint density at radius 3 is 2.75 bits per heavy atom. The molecule has 0 bridgehead atoms. The summed E-state index contributed by atoms with van der Waals surface area (Å²) in [7, 11) is -3.77. The molecule has 134 valence electrons. The molecule has 0 spiro atoms. The SMILES string of the molecule is O=C(O)CCC1CCCCN1C(=O)CNS(=O)(=O)c1ccc(Cl)s1. The highest BCUT2D eigenvalue weighted by molar-refractivity contribution is 7.91. The van der Waals surface area contributed by atoms with Crippen LogP contribution in [-0.2, 0) is 19.6 Å². The molecule has 0 radical (unpaired) electrons. The Hall–Kier alpha value is -1.16. The van der Waals surface area contributed by atoms with Crippen LogP contribution >= 0.6 is 22.9 Å². The number of sulfonamides is 1. The average Bonchev–Trinajstić information content (AvgIpc) is 2.98. The highest BCUT2D eigenvalue weighted by Crippen LogP contribution is 2.25. The second-order valence-electron chi connectivity index (χ2n) is 5.55. The molecule has 1 aliphatic heterocycles. The maximum absolute atomic E-state index is 12.4. The first-order valence-corrected chi connectivity index (χ1v) is 10.2. The van der Waals surface area contributed by atoms with Gasteiger partial charge in [0.1, 0.15) is 4.21 Å². The first-order chi connectivity index (χ1) is 11.3. The molecule has 1 aromatic rings. The Kier molecular flexibility index (Phi) is 6.62. The van der Waals surface area contributed by atoms with E-state index in [-0.39, 0.29) is 29.1 Å². The van der Waals surface area contributed by atoms with Crippen molar-refractivity contribution >= 4 is 44.8 Å². The van der Waals surface area contributed by atoms with E-state index in [0.717, 1.165) is 30.6 Å². The summed E-state index contributed by atoms with van der Waals surface area (Å²) in [5.41, 5.74) is 0. The molecule has 24 heavy (non-hydrogen) atoms. The van der Waals surface area contributed by atoms with Gasteiger partial charge in [-0.15, -0.1) is 11.3 Å². The van der Waals surface area contributed by atoms with Gasteiger partial charge >= 0.3 is 5.97 Å². The highest BCUT2D eigenvalue weighted by atomic mass is 35.5. The zero-order chi connectivity index (χ0) is 17.7. The number of nitrogens with zero attached hydrogens (tertiary/aromatic N) is 1. The molecule has 1 amide bonds. The van der Waals surface area contributed by atoms with E-state index in [9.17, 15) is 18.0 Å². The van der Waals surface area contributed by atoms with Crippen molar-refractivity contribution in [3.63, 3.8) is 0 Å². The summed E-state index contributed by atoms with van der Waals surface area (Å²) in [5, 5.41) is 8.80. The molecular formula is C14H19ClN2O5S2. The molecule has 0 saturated carbocycles. The number of carboxylic acid groups (broad SMARTS) is 1. The van der Waals surface area contributed by atoms with E-state index in [1.807, 2.05) is 0 Å². The van der Waals surface area contributed by atoms with Crippen molar-refractivity contribution in [2.75, 3.05) is 13.1 Å². The Labute approximate surface area is 149 Å². The molecule has 2 rings (SSSR count). The number of carbonyl (C=O) groups is 2. The summed E-state index contributed by atoms with van der Waals surface area (Å²) < 4.78 is 26.9. The minimum atomic E-state index is -3.77. The molecular weight excluding hydrogens is 376 g/mol. The minimum Gasteiger partial charge on any atom is -0.481 e. The fourth-order valence-electron chi connectivity index (χ4n) is 2.69. The summed E-state index contributed by atoms with van der Waals surface area (Å²) in [5.74, 6) is -1.24. The predicted molar refractivity (Wildman–Crippen MR) is 90.7 cm³/mol. The number of likely N-dealkylation sites (tertiary alicyclic amines) is 1. The van der Waals surface area contributed by atoms with Gasteiger partial charge in [-0.25, -0.2) is 13.1 Å². The van der Waals surface area contributed by atoms with Crippen molar-refractivity contribution in [1.82, 2.24) is 9.62 Å². The third-order valence-corrected chi connectivity index (χ3v) is 6.99. The van der Waals surface area contributed by atoms with E-state index in [1.165, 1.54) is 12.1 Å². The van der Waals surface area contributed by atoms with Gasteiger partial charge < -0.3 is 10.0 Å². The van der Waals surface area contributed by atoms with Crippen LogP contribution in [0.3, 0.4) is 0 Å². The minimum absolute atomic E-state index is 0.00608. The van der Waals surface area contributed by atoms with Crippen LogP contribution in [0.15, 0.2) is 16.3 Å². The first kappa shape index (κ1) is 19.2. The second kappa shape index (κ2) is 8.28. The van der Waals surface area contributed by atoms with Crippen LogP contribution in [0.1, 0.15) is 32.1 Å². The van der Waals surface area contributed by atoms with Gasteiger partial charge in [0.2, 0.25) is 5.91 Å². The Morgan fingerprint density at radius 2 is 2.12 bits per heavy atom. The van der Waals surface area contributed by atoms with Gasteiger partial charge in [0.25, 0.3) is 10.0 Å². The molecule has 1 aromatic heterocycles. The fourth-order valence-corrected chi connectivity index (χ4v) is 5.19. The summed E-state index contributed by atoms with van der Waals surface area (Å²) in [6.07, 6.45) is 2.89. The van der Waals surface area contributed by atoms with E-state index in [0.29, 0.717) is 17.3 Å². The number of carbonyl (C=O) groups excluding carboxylic acids is 1. The average molecular weight is 395 g/mol. The summed E-state index contributed by atoms with van der Waals surface area (Å²) in [4.78, 5) is 24.7. The molecule has 0 aromatic carbocycles. The van der Waals surface area contributed by atoms with Crippen molar-refractivity contribution < 1.29 is 23.1 Å². The number of hydrogen-bond acceptors (Lipinski definition) is 5. The van der Waals surface area contributed by atoms with Gasteiger partial charge in [-0.2, -0.15) is 0 Å². The maximum Gasteiger partial charge on any atom is 0.303 e. The summed E-state index contributed by atoms with van der Waals surface area (Å²) in [6, 6.07) is 2.72. The summed E-state index contributed by atoms with van der Waals surface area (Å²) >= 11 is 6.65. The Morgan fingerprint density at radius 1 is 1.38 bits per heavy atom. The molecule has 1 fully saturated rings. The smallest absolute Gasteiger partial charge is 0.303 e. The topological polar surface area (TPSA) is 104 Å². The molecule has 1 unspecified atom stereocenters. The number of halogens is 1. The van der Waals surface area contributed by atoms with E-state index in [2.05, 4.69) is 4.72 Å². The largest absolute Gasteiger partial charge is 0.481 e. The third kappa shape index (κ3) is 5.17. The first-order valence-electron chi connectivity index (χ1n) is 7.56. The molecule has 10 heteroatoms. The van der Waals surface area contributed by atoms with E-state index in [1.54, 1.807) is 4.90 Å². The van der Waals surface area contributed by atoms with Crippen molar-refractivity contribution in [3.8, 4) is 0 Å². The maximum atomic E-state index is 12.4. The molecule has 2 N–H and O–H groups in total. The quantitative estimate of drug-likeness (QED) is 0.735. The van der Waals surface area contributed by atoms with E-state index >= 15 is 0 Å². The number of piperidine rings is 1. The third-order valence-electron chi connectivity index (χ3n) is 3.87. The van der Waals surface area contributed by atoms with Crippen molar-refractivity contribution in [2.24, 2.45) is 0 Å². The van der Waals surface area contributed by atoms with Crippen LogP contribution in [0.25, 0.3) is 0 Å². The number of rotatable bonds is 7. The number of hydrogen-bond donors (Lipinski definition) is 2. The number of carboxylic acids is 1. The lowest BCUT2D eigenvalue weighted by molar-refractivity contribution is -0.139. The van der Waals surface area contributed by atoms with Crippen LogP contribution in [0.5, 0.6) is 0 Å². The molecule has 1 atom stereocenters. The zero-order valence-electron chi connectivity index (χ0n) is 12.9. The Bertz CT molecular complexity index is 704. The van der Waals surface area contributed by atoms with Gasteiger partial charge in [-0.1, -0.05) is 11.6 Å². The lowest BCUT2D eigenvalue weighted by Crippen LogP contribution is -2.48. The monoisotopic (exact) mass is 394 g/mol. The van der Waals surface area contributed by atoms with Gasteiger partial charge in [-0.05, 0) is 37.8 Å². The van der Waals surface area contributed by atoms with Gasteiger partial charge in [-0.3, -0.25) is 9.59 Å². The van der Waals surface area contributed by atoms with Crippen LogP contribution in [0, 0.1) is 0 Å². The standard InChI is InChI=1S/C14H19ClN2O5S2/c15-11-5-7-14(23-11)24(21,22)16-9-12(18)17-8-2-1-3-10(17)4-6-13(19)20/h5,7,10,16H,1-4,6,8-9H2,(H,19,20). The van der Waals surface area contributed by atoms with Crippen LogP contribution in [0.2, 0.25) is 4.34 Å². The molecule has 1 saturated heterocycles. The predicted octanol–water partition coefficient (Wildman–Crippen LogP) is 1.93. The molecule has 1 aliphatic rings. The lowest BCUT2D eigenvalue weighted by Gasteiger charge is -2.35. The van der Waals surface area contributed by atoms with Crippen molar-refractivity contribution in [3.05, 3.63) is 16.5 Å². The van der Waals surface area contributed by atoms with Crippen LogP contribution in [0.4, 0.5) is 0 Å². The number of nitrogens with one attached hydrogen (secondary N) is 1. The molecule has 7 nitrogen and oxygen atoms in total. The van der Waals surface area contributed by atoms with Crippen molar-refractivity contribution in [2.45, 2.75) is 42.4 Å². The van der Waals surface area contributed by atoms with Crippen LogP contribution < -0.4 is 4.72 Å². The van der Waals surface area contributed by atoms with Gasteiger partial charge in [0, 0.05) is 19.0 Å². The zero-order valence-corrected chi connectivity index (χ0v) is 15.3. The number of amides is 1.